The largest absolute Gasteiger partial charge is 0.371 e. The minimum atomic E-state index is -0.775. The lowest BCUT2D eigenvalue weighted by Crippen LogP contribution is -2.45. The van der Waals surface area contributed by atoms with Gasteiger partial charge in [-0.25, -0.2) is 8.78 Å². The van der Waals surface area contributed by atoms with Crippen molar-refractivity contribution >= 4 is 17.5 Å². The average Bonchev–Trinajstić information content (AvgIpc) is 2.88. The molecule has 35 heavy (non-hydrogen) atoms. The van der Waals surface area contributed by atoms with E-state index >= 15 is 0 Å². The average molecular weight is 476 g/mol. The second-order valence-electron chi connectivity index (χ2n) is 9.16. The number of anilines is 1. The number of nitrogens with one attached hydrogen (secondary N) is 1. The molecule has 0 atom stereocenters. The van der Waals surface area contributed by atoms with Gasteiger partial charge in [-0.15, -0.1) is 0 Å². The Labute approximate surface area is 203 Å². The maximum Gasteiger partial charge on any atom is 0.256 e. The molecule has 1 saturated heterocycles. The number of halogens is 2. The number of para-hydroxylation sites is 1. The van der Waals surface area contributed by atoms with Crippen LogP contribution in [0.5, 0.6) is 0 Å². The third kappa shape index (κ3) is 5.04. The van der Waals surface area contributed by atoms with Gasteiger partial charge in [0.15, 0.2) is 0 Å². The van der Waals surface area contributed by atoms with E-state index in [0.717, 1.165) is 30.3 Å². The first-order valence-electron chi connectivity index (χ1n) is 11.9. The molecule has 0 saturated carbocycles. The first kappa shape index (κ1) is 23.0. The topological polar surface area (TPSA) is 52.7 Å². The summed E-state index contributed by atoms with van der Waals surface area (Å²) in [7, 11) is 0. The maximum absolute atomic E-state index is 13.5. The lowest BCUT2D eigenvalue weighted by atomic mass is 9.98. The fraction of sp³-hybridized carbons (Fsp3) is 0.286. The van der Waals surface area contributed by atoms with E-state index in [0.29, 0.717) is 44.6 Å². The standard InChI is InChI=1S/C28H27F2N3O2/c29-22-15-21(16-23(30)17-22)27(34)31-24-10-13-32(14-11-24)26-8-4-3-7-25(26)28(35)33-12-9-19-5-1-2-6-20(19)18-33/h1-8,15-17,24H,9-14,18H2,(H,31,34). The molecule has 5 rings (SSSR count). The number of rotatable bonds is 4. The molecule has 180 valence electrons. The molecule has 3 aromatic rings. The van der Waals surface area contributed by atoms with Gasteiger partial charge >= 0.3 is 0 Å². The van der Waals surface area contributed by atoms with E-state index in [2.05, 4.69) is 22.3 Å². The van der Waals surface area contributed by atoms with Gasteiger partial charge in [0.1, 0.15) is 11.6 Å². The van der Waals surface area contributed by atoms with Crippen molar-refractivity contribution in [2.45, 2.75) is 31.8 Å². The highest BCUT2D eigenvalue weighted by Crippen LogP contribution is 2.28. The molecule has 0 spiro atoms. The number of amides is 2. The fourth-order valence-electron chi connectivity index (χ4n) is 4.99. The smallest absolute Gasteiger partial charge is 0.256 e. The Bertz CT molecular complexity index is 1230. The van der Waals surface area contributed by atoms with Crippen molar-refractivity contribution in [1.29, 1.82) is 0 Å². The Kier molecular flexibility index (Phi) is 6.49. The zero-order chi connectivity index (χ0) is 24.4. The van der Waals surface area contributed by atoms with Crippen LogP contribution in [0.2, 0.25) is 0 Å². The molecule has 0 aromatic heterocycles. The maximum atomic E-state index is 13.5. The van der Waals surface area contributed by atoms with Crippen molar-refractivity contribution in [3.8, 4) is 0 Å². The summed E-state index contributed by atoms with van der Waals surface area (Å²) in [5, 5.41) is 2.89. The Balaban J connectivity index is 1.24. The number of hydrogen-bond donors (Lipinski definition) is 1. The summed E-state index contributed by atoms with van der Waals surface area (Å²) in [4.78, 5) is 30.0. The number of carbonyl (C=O) groups excluding carboxylic acids is 2. The van der Waals surface area contributed by atoms with Crippen molar-refractivity contribution in [1.82, 2.24) is 10.2 Å². The molecular formula is C28H27F2N3O2. The summed E-state index contributed by atoms with van der Waals surface area (Å²) in [6, 6.07) is 18.6. The lowest BCUT2D eigenvalue weighted by Gasteiger charge is -2.36. The number of piperidine rings is 1. The van der Waals surface area contributed by atoms with Crippen LogP contribution in [0.3, 0.4) is 0 Å². The summed E-state index contributed by atoms with van der Waals surface area (Å²) in [6.45, 7) is 2.63. The van der Waals surface area contributed by atoms with Gasteiger partial charge in [-0.3, -0.25) is 9.59 Å². The highest BCUT2D eigenvalue weighted by molar-refractivity contribution is 6.00. The molecule has 2 amide bonds. The van der Waals surface area contributed by atoms with E-state index in [4.69, 9.17) is 0 Å². The van der Waals surface area contributed by atoms with Crippen molar-refractivity contribution in [3.05, 3.63) is 101 Å². The molecule has 7 heteroatoms. The normalized spacial score (nSPS) is 16.1. The molecule has 1 fully saturated rings. The van der Waals surface area contributed by atoms with Crippen molar-refractivity contribution in [2.24, 2.45) is 0 Å². The Hall–Kier alpha value is -3.74. The van der Waals surface area contributed by atoms with Gasteiger partial charge in [-0.2, -0.15) is 0 Å². The van der Waals surface area contributed by atoms with Gasteiger partial charge in [0.05, 0.1) is 5.56 Å². The Morgan fingerprint density at radius 2 is 1.49 bits per heavy atom. The van der Waals surface area contributed by atoms with Gasteiger partial charge in [0.2, 0.25) is 0 Å². The van der Waals surface area contributed by atoms with E-state index in [1.165, 1.54) is 11.1 Å². The second kappa shape index (κ2) is 9.86. The summed E-state index contributed by atoms with van der Waals surface area (Å²) in [5.74, 6) is -2.01. The first-order valence-corrected chi connectivity index (χ1v) is 11.9. The van der Waals surface area contributed by atoms with Crippen molar-refractivity contribution in [3.63, 3.8) is 0 Å². The van der Waals surface area contributed by atoms with Crippen LogP contribution >= 0.6 is 0 Å². The van der Waals surface area contributed by atoms with Gasteiger partial charge in [-0.1, -0.05) is 36.4 Å². The monoisotopic (exact) mass is 475 g/mol. The summed E-state index contributed by atoms with van der Waals surface area (Å²) >= 11 is 0. The molecule has 3 aromatic carbocycles. The van der Waals surface area contributed by atoms with Crippen LogP contribution in [-0.2, 0) is 13.0 Å². The van der Waals surface area contributed by atoms with Crippen LogP contribution in [0.15, 0.2) is 66.7 Å². The van der Waals surface area contributed by atoms with Crippen LogP contribution < -0.4 is 10.2 Å². The first-order chi connectivity index (χ1) is 17.0. The molecule has 2 heterocycles. The highest BCUT2D eigenvalue weighted by atomic mass is 19.1. The number of benzene rings is 3. The lowest BCUT2D eigenvalue weighted by molar-refractivity contribution is 0.0735. The fourth-order valence-corrected chi connectivity index (χ4v) is 4.99. The van der Waals surface area contributed by atoms with E-state index in [-0.39, 0.29) is 17.5 Å². The van der Waals surface area contributed by atoms with Crippen LogP contribution in [0.25, 0.3) is 0 Å². The highest BCUT2D eigenvalue weighted by Gasteiger charge is 2.27. The van der Waals surface area contributed by atoms with Crippen LogP contribution in [0.4, 0.5) is 14.5 Å². The second-order valence-corrected chi connectivity index (χ2v) is 9.16. The molecule has 0 radical (unpaired) electrons. The van der Waals surface area contributed by atoms with E-state index < -0.39 is 17.5 Å². The van der Waals surface area contributed by atoms with Gasteiger partial charge < -0.3 is 15.1 Å². The van der Waals surface area contributed by atoms with Gasteiger partial charge in [0, 0.05) is 49.5 Å². The zero-order valence-corrected chi connectivity index (χ0v) is 19.3. The zero-order valence-electron chi connectivity index (χ0n) is 19.3. The van der Waals surface area contributed by atoms with Crippen LogP contribution in [0.1, 0.15) is 44.7 Å². The SMILES string of the molecule is O=C(NC1CCN(c2ccccc2C(=O)N2CCc3ccccc3C2)CC1)c1cc(F)cc(F)c1. The molecular weight excluding hydrogens is 448 g/mol. The Morgan fingerprint density at radius 3 is 2.23 bits per heavy atom. The van der Waals surface area contributed by atoms with Crippen LogP contribution in [0, 0.1) is 11.6 Å². The summed E-state index contributed by atoms with van der Waals surface area (Å²) in [5.41, 5.74) is 4.05. The minimum Gasteiger partial charge on any atom is -0.371 e. The quantitative estimate of drug-likeness (QED) is 0.602. The van der Waals surface area contributed by atoms with Crippen LogP contribution in [-0.4, -0.2) is 42.4 Å². The van der Waals surface area contributed by atoms with Crippen molar-refractivity contribution < 1.29 is 18.4 Å². The number of carbonyl (C=O) groups is 2. The third-order valence-electron chi connectivity index (χ3n) is 6.85. The van der Waals surface area contributed by atoms with E-state index in [1.807, 2.05) is 41.3 Å². The molecule has 2 aliphatic heterocycles. The number of hydrogen-bond acceptors (Lipinski definition) is 3. The minimum absolute atomic E-state index is 0.0241. The molecule has 0 aliphatic carbocycles. The summed E-state index contributed by atoms with van der Waals surface area (Å²) in [6.07, 6.45) is 2.19. The third-order valence-corrected chi connectivity index (χ3v) is 6.85. The van der Waals surface area contributed by atoms with Crippen molar-refractivity contribution in [2.75, 3.05) is 24.5 Å². The molecule has 0 bridgehead atoms. The van der Waals surface area contributed by atoms with Gasteiger partial charge in [-0.05, 0) is 54.7 Å². The molecule has 1 N–H and O–H groups in total. The Morgan fingerprint density at radius 1 is 0.829 bits per heavy atom. The summed E-state index contributed by atoms with van der Waals surface area (Å²) < 4.78 is 26.9. The number of nitrogens with zero attached hydrogens (tertiary/aromatic N) is 2. The predicted octanol–water partition coefficient (Wildman–Crippen LogP) is 4.56. The predicted molar refractivity (Wildman–Crippen MR) is 130 cm³/mol. The number of fused-ring (bicyclic) bond motifs is 1. The van der Waals surface area contributed by atoms with E-state index in [9.17, 15) is 18.4 Å². The van der Waals surface area contributed by atoms with E-state index in [1.54, 1.807) is 0 Å². The molecule has 0 unspecified atom stereocenters. The molecule has 5 nitrogen and oxygen atoms in total. The molecule has 2 aliphatic rings. The van der Waals surface area contributed by atoms with Gasteiger partial charge in [0.25, 0.3) is 11.8 Å².